The van der Waals surface area contributed by atoms with Gasteiger partial charge in [0.25, 0.3) is 0 Å². The number of ketones is 1. The van der Waals surface area contributed by atoms with Gasteiger partial charge >= 0.3 is 5.97 Å². The second-order valence-corrected chi connectivity index (χ2v) is 3.67. The molecule has 0 aliphatic carbocycles. The summed E-state index contributed by atoms with van der Waals surface area (Å²) in [4.78, 5) is 22.8. The Morgan fingerprint density at radius 1 is 1.44 bits per heavy atom. The number of esters is 1. The number of benzene rings is 1. The normalized spacial score (nSPS) is 12.0. The molecule has 0 bridgehead atoms. The zero-order valence-corrected chi connectivity index (χ0v) is 9.55. The molecule has 86 valence electrons. The van der Waals surface area contributed by atoms with Gasteiger partial charge in [0, 0.05) is 5.02 Å². The highest BCUT2D eigenvalue weighted by molar-refractivity contribution is 6.31. The van der Waals surface area contributed by atoms with Crippen molar-refractivity contribution in [3.63, 3.8) is 0 Å². The molecular formula is C11H10ClFO3. The number of ether oxygens (including phenoxy) is 1. The number of carbonyl (C=O) groups is 2. The summed E-state index contributed by atoms with van der Waals surface area (Å²) >= 11 is 5.64. The SMILES string of the molecule is COC(=O)C(C)C(=O)c1cc(Cl)ccc1F. The Labute approximate surface area is 97.2 Å². The molecule has 0 spiro atoms. The highest BCUT2D eigenvalue weighted by atomic mass is 35.5. The van der Waals surface area contributed by atoms with Crippen LogP contribution < -0.4 is 0 Å². The summed E-state index contributed by atoms with van der Waals surface area (Å²) in [6, 6.07) is 3.61. The van der Waals surface area contributed by atoms with E-state index in [0.717, 1.165) is 6.07 Å². The zero-order chi connectivity index (χ0) is 12.3. The Balaban J connectivity index is 3.05. The van der Waals surface area contributed by atoms with Crippen molar-refractivity contribution in [1.82, 2.24) is 0 Å². The third-order valence-electron chi connectivity index (χ3n) is 2.14. The number of rotatable bonds is 3. The van der Waals surface area contributed by atoms with Crippen LogP contribution in [0.4, 0.5) is 4.39 Å². The molecule has 5 heteroatoms. The highest BCUT2D eigenvalue weighted by Crippen LogP contribution is 2.18. The topological polar surface area (TPSA) is 43.4 Å². The van der Waals surface area contributed by atoms with E-state index in [2.05, 4.69) is 4.74 Å². The lowest BCUT2D eigenvalue weighted by Crippen LogP contribution is -2.23. The third-order valence-corrected chi connectivity index (χ3v) is 2.38. The van der Waals surface area contributed by atoms with Crippen LogP contribution in [0.1, 0.15) is 17.3 Å². The van der Waals surface area contributed by atoms with Crippen molar-refractivity contribution in [3.05, 3.63) is 34.6 Å². The molecule has 0 saturated carbocycles. The number of hydrogen-bond donors (Lipinski definition) is 0. The minimum absolute atomic E-state index is 0.203. The molecule has 0 aromatic heterocycles. The monoisotopic (exact) mass is 244 g/mol. The maximum atomic E-state index is 13.3. The van der Waals surface area contributed by atoms with Gasteiger partial charge in [-0.2, -0.15) is 0 Å². The van der Waals surface area contributed by atoms with E-state index in [4.69, 9.17) is 11.6 Å². The van der Waals surface area contributed by atoms with Gasteiger partial charge in [0.15, 0.2) is 5.78 Å². The summed E-state index contributed by atoms with van der Waals surface area (Å²) in [5.74, 6) is -3.10. The molecule has 3 nitrogen and oxygen atoms in total. The maximum absolute atomic E-state index is 13.3. The van der Waals surface area contributed by atoms with Crippen molar-refractivity contribution in [2.24, 2.45) is 5.92 Å². The molecule has 1 atom stereocenters. The third kappa shape index (κ3) is 2.58. The number of hydrogen-bond acceptors (Lipinski definition) is 3. The van der Waals surface area contributed by atoms with Crippen LogP contribution in [0.3, 0.4) is 0 Å². The first-order chi connectivity index (χ1) is 7.47. The molecule has 0 heterocycles. The summed E-state index contributed by atoms with van der Waals surface area (Å²) in [5.41, 5.74) is -0.203. The van der Waals surface area contributed by atoms with E-state index >= 15 is 0 Å². The quantitative estimate of drug-likeness (QED) is 0.466. The van der Waals surface area contributed by atoms with Crippen molar-refractivity contribution in [2.45, 2.75) is 6.92 Å². The molecule has 1 aromatic carbocycles. The lowest BCUT2D eigenvalue weighted by Gasteiger charge is -2.08. The average molecular weight is 245 g/mol. The molecule has 1 unspecified atom stereocenters. The molecular weight excluding hydrogens is 235 g/mol. The predicted molar refractivity (Wildman–Crippen MR) is 56.9 cm³/mol. The van der Waals surface area contributed by atoms with Crippen LogP contribution in [0.2, 0.25) is 5.02 Å². The van der Waals surface area contributed by atoms with Crippen LogP contribution in [0, 0.1) is 11.7 Å². The second-order valence-electron chi connectivity index (χ2n) is 3.23. The van der Waals surface area contributed by atoms with Gasteiger partial charge in [-0.3, -0.25) is 9.59 Å². The summed E-state index contributed by atoms with van der Waals surface area (Å²) in [5, 5.41) is 0.238. The van der Waals surface area contributed by atoms with E-state index < -0.39 is 23.5 Å². The van der Waals surface area contributed by atoms with Crippen molar-refractivity contribution in [3.8, 4) is 0 Å². The molecule has 0 amide bonds. The van der Waals surface area contributed by atoms with Crippen LogP contribution in [0.5, 0.6) is 0 Å². The highest BCUT2D eigenvalue weighted by Gasteiger charge is 2.25. The van der Waals surface area contributed by atoms with Crippen LogP contribution in [-0.2, 0) is 9.53 Å². The van der Waals surface area contributed by atoms with Crippen LogP contribution in [-0.4, -0.2) is 18.9 Å². The van der Waals surface area contributed by atoms with E-state index in [1.54, 1.807) is 0 Å². The van der Waals surface area contributed by atoms with Gasteiger partial charge in [0.05, 0.1) is 12.7 Å². The molecule has 0 fully saturated rings. The number of methoxy groups -OCH3 is 1. The number of halogens is 2. The van der Waals surface area contributed by atoms with Crippen molar-refractivity contribution in [1.29, 1.82) is 0 Å². The van der Waals surface area contributed by atoms with E-state index in [1.165, 1.54) is 26.2 Å². The molecule has 0 radical (unpaired) electrons. The van der Waals surface area contributed by atoms with Gasteiger partial charge in [-0.15, -0.1) is 0 Å². The Bertz CT molecular complexity index is 431. The van der Waals surface area contributed by atoms with Crippen molar-refractivity contribution < 1.29 is 18.7 Å². The minimum atomic E-state index is -1.04. The first kappa shape index (κ1) is 12.6. The predicted octanol–water partition coefficient (Wildman–Crippen LogP) is 2.47. The van der Waals surface area contributed by atoms with Crippen LogP contribution in [0.25, 0.3) is 0 Å². The average Bonchev–Trinajstić information content (AvgIpc) is 2.29. The largest absolute Gasteiger partial charge is 0.468 e. The smallest absolute Gasteiger partial charge is 0.316 e. The maximum Gasteiger partial charge on any atom is 0.316 e. The summed E-state index contributed by atoms with van der Waals surface area (Å²) in [6.45, 7) is 1.36. The summed E-state index contributed by atoms with van der Waals surface area (Å²) in [7, 11) is 1.17. The van der Waals surface area contributed by atoms with Gasteiger partial charge < -0.3 is 4.74 Å². The number of carbonyl (C=O) groups excluding carboxylic acids is 2. The lowest BCUT2D eigenvalue weighted by atomic mass is 9.99. The van der Waals surface area contributed by atoms with Crippen molar-refractivity contribution >= 4 is 23.4 Å². The molecule has 0 saturated heterocycles. The van der Waals surface area contributed by atoms with Crippen molar-refractivity contribution in [2.75, 3.05) is 7.11 Å². The van der Waals surface area contributed by atoms with E-state index in [1.807, 2.05) is 0 Å². The van der Waals surface area contributed by atoms with Crippen LogP contribution >= 0.6 is 11.6 Å². The van der Waals surface area contributed by atoms with Gasteiger partial charge in [-0.05, 0) is 25.1 Å². The first-order valence-corrected chi connectivity index (χ1v) is 4.92. The van der Waals surface area contributed by atoms with Gasteiger partial charge in [0.1, 0.15) is 11.7 Å². The fraction of sp³-hybridized carbons (Fsp3) is 0.273. The number of Topliss-reactive ketones (excluding diaryl/α,β-unsaturated/α-hetero) is 1. The van der Waals surface area contributed by atoms with Crippen LogP contribution in [0.15, 0.2) is 18.2 Å². The second kappa shape index (κ2) is 5.07. The molecule has 16 heavy (non-hydrogen) atoms. The zero-order valence-electron chi connectivity index (χ0n) is 8.79. The molecule has 1 aromatic rings. The standard InChI is InChI=1S/C11H10ClFO3/c1-6(11(15)16-2)10(14)8-5-7(12)3-4-9(8)13/h3-6H,1-2H3. The first-order valence-electron chi connectivity index (χ1n) is 4.54. The Morgan fingerprint density at radius 2 is 2.06 bits per heavy atom. The fourth-order valence-corrected chi connectivity index (χ4v) is 1.38. The minimum Gasteiger partial charge on any atom is -0.468 e. The van der Waals surface area contributed by atoms with Gasteiger partial charge in [-0.1, -0.05) is 11.6 Å². The van der Waals surface area contributed by atoms with Gasteiger partial charge in [-0.25, -0.2) is 4.39 Å². The van der Waals surface area contributed by atoms with E-state index in [-0.39, 0.29) is 10.6 Å². The molecule has 0 aliphatic heterocycles. The van der Waals surface area contributed by atoms with E-state index in [9.17, 15) is 14.0 Å². The Hall–Kier alpha value is -1.42. The Morgan fingerprint density at radius 3 is 2.62 bits per heavy atom. The Kier molecular flexibility index (Phi) is 4.01. The van der Waals surface area contributed by atoms with E-state index in [0.29, 0.717) is 0 Å². The summed E-state index contributed by atoms with van der Waals surface area (Å²) in [6.07, 6.45) is 0. The van der Waals surface area contributed by atoms with Gasteiger partial charge in [0.2, 0.25) is 0 Å². The summed E-state index contributed by atoms with van der Waals surface area (Å²) < 4.78 is 17.7. The fourth-order valence-electron chi connectivity index (χ4n) is 1.20. The molecule has 0 aliphatic rings. The lowest BCUT2D eigenvalue weighted by molar-refractivity contribution is -0.143. The molecule has 1 rings (SSSR count). The molecule has 0 N–H and O–H groups in total.